The van der Waals surface area contributed by atoms with Crippen LogP contribution in [0.3, 0.4) is 0 Å². The van der Waals surface area contributed by atoms with E-state index in [2.05, 4.69) is 0 Å². The number of nitrogens with two attached hydrogens (primary N) is 7. The number of hydrogen-bond donors (Lipinski definition) is 9. The Kier molecular flexibility index (Phi) is 13.1. The third-order valence-corrected chi connectivity index (χ3v) is 4.51. The highest BCUT2D eigenvalue weighted by molar-refractivity contribution is 5.67. The van der Waals surface area contributed by atoms with Crippen molar-refractivity contribution >= 4 is 11.9 Å². The molecule has 0 saturated heterocycles. The zero-order valence-electron chi connectivity index (χ0n) is 16.5. The normalized spacial score (nSPS) is 19.2. The Morgan fingerprint density at radius 2 is 0.643 bits per heavy atom. The van der Waals surface area contributed by atoms with E-state index in [-0.39, 0.29) is 43.1 Å². The maximum atomic E-state index is 10.6. The van der Waals surface area contributed by atoms with Crippen LogP contribution in [0.4, 0.5) is 0 Å². The van der Waals surface area contributed by atoms with Crippen LogP contribution in [0, 0.1) is 0 Å². The highest BCUT2D eigenvalue weighted by Crippen LogP contribution is 2.12. The minimum Gasteiger partial charge on any atom is -0.481 e. The average Bonchev–Trinajstić information content (AvgIpc) is 2.42. The molecule has 0 aliphatic carbocycles. The third kappa shape index (κ3) is 14.7. The summed E-state index contributed by atoms with van der Waals surface area (Å²) in [6.07, 6.45) is 2.49. The fourth-order valence-electron chi connectivity index (χ4n) is 3.43. The van der Waals surface area contributed by atoms with Crippen molar-refractivity contribution in [2.45, 2.75) is 93.7 Å². The second-order valence-corrected chi connectivity index (χ2v) is 7.93. The largest absolute Gasteiger partial charge is 0.481 e. The average molecular weight is 406 g/mol. The van der Waals surface area contributed by atoms with E-state index in [0.29, 0.717) is 38.5 Å². The van der Waals surface area contributed by atoms with Crippen LogP contribution < -0.4 is 40.1 Å². The summed E-state index contributed by atoms with van der Waals surface area (Å²) < 4.78 is 0. The van der Waals surface area contributed by atoms with Crippen LogP contribution in [0.1, 0.15) is 51.4 Å². The van der Waals surface area contributed by atoms with Gasteiger partial charge in [-0.1, -0.05) is 0 Å². The highest BCUT2D eigenvalue weighted by atomic mass is 16.4. The molecule has 0 aliphatic heterocycles. The van der Waals surface area contributed by atoms with Crippen molar-refractivity contribution < 1.29 is 19.8 Å². The molecule has 0 rings (SSSR count). The second kappa shape index (κ2) is 13.8. The van der Waals surface area contributed by atoms with Crippen molar-refractivity contribution in [3.63, 3.8) is 0 Å². The summed E-state index contributed by atoms with van der Waals surface area (Å²) in [7, 11) is 0. The number of carboxylic acid groups (broad SMARTS) is 2. The van der Waals surface area contributed by atoms with Gasteiger partial charge in [0.1, 0.15) is 0 Å². The van der Waals surface area contributed by atoms with Gasteiger partial charge in [0.2, 0.25) is 0 Å². The van der Waals surface area contributed by atoms with E-state index in [1.807, 2.05) is 0 Å². The summed E-state index contributed by atoms with van der Waals surface area (Å²) in [5, 5.41) is 17.4. The van der Waals surface area contributed by atoms with Gasteiger partial charge in [-0.2, -0.15) is 0 Å². The lowest BCUT2D eigenvalue weighted by molar-refractivity contribution is -0.138. The number of hydrogen-bond acceptors (Lipinski definition) is 9. The van der Waals surface area contributed by atoms with Gasteiger partial charge in [0, 0.05) is 42.3 Å². The van der Waals surface area contributed by atoms with Gasteiger partial charge < -0.3 is 50.3 Å². The molecule has 0 aromatic carbocycles. The van der Waals surface area contributed by atoms with Crippen molar-refractivity contribution in [3.05, 3.63) is 0 Å². The minimum absolute atomic E-state index is 0.131. The Bertz CT molecular complexity index is 429. The summed E-state index contributed by atoms with van der Waals surface area (Å²) in [6.45, 7) is 0. The van der Waals surface area contributed by atoms with Gasteiger partial charge >= 0.3 is 11.9 Å². The van der Waals surface area contributed by atoms with Gasteiger partial charge in [-0.25, -0.2) is 0 Å². The van der Waals surface area contributed by atoms with Crippen molar-refractivity contribution in [2.24, 2.45) is 40.1 Å². The number of carbonyl (C=O) groups is 2. The predicted molar refractivity (Wildman–Crippen MR) is 108 cm³/mol. The molecular weight excluding hydrogens is 366 g/mol. The first-order chi connectivity index (χ1) is 12.9. The molecule has 28 heavy (non-hydrogen) atoms. The zero-order valence-corrected chi connectivity index (χ0v) is 16.5. The van der Waals surface area contributed by atoms with Gasteiger partial charge in [0.25, 0.3) is 0 Å². The second-order valence-electron chi connectivity index (χ2n) is 7.93. The summed E-state index contributed by atoms with van der Waals surface area (Å²) in [5.74, 6) is -1.91. The van der Waals surface area contributed by atoms with Crippen LogP contribution in [-0.4, -0.2) is 64.4 Å². The smallest absolute Gasteiger partial charge is 0.304 e. The molecule has 0 heterocycles. The molecule has 0 fully saturated rings. The molecule has 6 unspecified atom stereocenters. The molecule has 0 aromatic rings. The molecule has 0 spiro atoms. The van der Waals surface area contributed by atoms with E-state index in [1.54, 1.807) is 0 Å². The standard InChI is InChI=1S/C17H39N7O4/c18-9(1-10(19)3-12(21)5-14(23)7-16(25)26)2-11(20)4-13(22)6-15(24)8-17(27)28/h9-15H,1-8,18-24H2,(H,25,26)(H,27,28). The summed E-state index contributed by atoms with van der Waals surface area (Å²) >= 11 is 0. The van der Waals surface area contributed by atoms with Gasteiger partial charge in [-0.15, -0.1) is 0 Å². The Hall–Kier alpha value is -1.34. The van der Waals surface area contributed by atoms with E-state index in [1.165, 1.54) is 0 Å². The molecule has 0 amide bonds. The van der Waals surface area contributed by atoms with Crippen LogP contribution in [0.2, 0.25) is 0 Å². The first-order valence-electron chi connectivity index (χ1n) is 9.61. The first-order valence-corrected chi connectivity index (χ1v) is 9.61. The van der Waals surface area contributed by atoms with Crippen molar-refractivity contribution in [2.75, 3.05) is 0 Å². The fourth-order valence-corrected chi connectivity index (χ4v) is 3.43. The van der Waals surface area contributed by atoms with Crippen LogP contribution in [0.15, 0.2) is 0 Å². The van der Waals surface area contributed by atoms with Crippen LogP contribution in [0.5, 0.6) is 0 Å². The summed E-state index contributed by atoms with van der Waals surface area (Å²) in [6, 6.07) is -2.32. The Balaban J connectivity index is 4.14. The Morgan fingerprint density at radius 3 is 0.821 bits per heavy atom. The van der Waals surface area contributed by atoms with Crippen LogP contribution >= 0.6 is 0 Å². The molecule has 16 N–H and O–H groups in total. The van der Waals surface area contributed by atoms with E-state index in [4.69, 9.17) is 50.3 Å². The molecule has 6 atom stereocenters. The summed E-state index contributed by atoms with van der Waals surface area (Å²) in [5.41, 5.74) is 41.7. The van der Waals surface area contributed by atoms with Crippen molar-refractivity contribution in [3.8, 4) is 0 Å². The Morgan fingerprint density at radius 1 is 0.464 bits per heavy atom. The molecule has 0 radical (unpaired) electrons. The van der Waals surface area contributed by atoms with E-state index < -0.39 is 24.0 Å². The third-order valence-electron chi connectivity index (χ3n) is 4.51. The van der Waals surface area contributed by atoms with Gasteiger partial charge in [-0.3, -0.25) is 9.59 Å². The maximum Gasteiger partial charge on any atom is 0.304 e. The monoisotopic (exact) mass is 405 g/mol. The predicted octanol–water partition coefficient (Wildman–Crippen LogP) is -2.43. The zero-order chi connectivity index (χ0) is 21.9. The van der Waals surface area contributed by atoms with Crippen molar-refractivity contribution in [1.82, 2.24) is 0 Å². The number of carboxylic acids is 2. The molecule has 0 bridgehead atoms. The maximum absolute atomic E-state index is 10.6. The lowest BCUT2D eigenvalue weighted by atomic mass is 9.92. The lowest BCUT2D eigenvalue weighted by Gasteiger charge is -2.25. The van der Waals surface area contributed by atoms with Gasteiger partial charge in [0.05, 0.1) is 12.8 Å². The van der Waals surface area contributed by atoms with E-state index >= 15 is 0 Å². The van der Waals surface area contributed by atoms with Gasteiger partial charge in [-0.05, 0) is 38.5 Å². The molecule has 0 aliphatic rings. The highest BCUT2D eigenvalue weighted by Gasteiger charge is 2.20. The van der Waals surface area contributed by atoms with Crippen molar-refractivity contribution in [1.29, 1.82) is 0 Å². The number of aliphatic carboxylic acids is 2. The quantitative estimate of drug-likeness (QED) is 0.130. The van der Waals surface area contributed by atoms with Crippen LogP contribution in [-0.2, 0) is 9.59 Å². The molecule has 0 aromatic heterocycles. The molecular formula is C17H39N7O4. The minimum atomic E-state index is -0.956. The SMILES string of the molecule is NC(CC(=O)O)CC(N)CC(N)CC(N)CC(N)CC(N)CC(N)CC(=O)O. The number of rotatable bonds is 16. The van der Waals surface area contributed by atoms with Gasteiger partial charge in [0.15, 0.2) is 0 Å². The topological polar surface area (TPSA) is 257 Å². The van der Waals surface area contributed by atoms with Crippen LogP contribution in [0.25, 0.3) is 0 Å². The first kappa shape index (κ1) is 26.7. The molecule has 166 valence electrons. The molecule has 11 heteroatoms. The molecule has 11 nitrogen and oxygen atoms in total. The summed E-state index contributed by atoms with van der Waals surface area (Å²) in [4.78, 5) is 21.3. The Labute approximate surface area is 166 Å². The lowest BCUT2D eigenvalue weighted by Crippen LogP contribution is -2.42. The fraction of sp³-hybridized carbons (Fsp3) is 0.882. The molecule has 0 saturated carbocycles. The van der Waals surface area contributed by atoms with E-state index in [0.717, 1.165) is 0 Å². The van der Waals surface area contributed by atoms with E-state index in [9.17, 15) is 9.59 Å².